The quantitative estimate of drug-likeness (QED) is 0.316. The molecule has 5 nitrogen and oxygen atoms in total. The van der Waals surface area contributed by atoms with Crippen LogP contribution in [-0.2, 0) is 4.79 Å². The predicted molar refractivity (Wildman–Crippen MR) is 187 cm³/mol. The molecule has 4 saturated carbocycles. The molecule has 0 heterocycles. The number of carboxylic acid groups (broad SMARTS) is 1. The molecule has 0 radical (unpaired) electrons. The minimum Gasteiger partial charge on any atom is -0.478 e. The lowest BCUT2D eigenvalue weighted by Gasteiger charge is -2.72. The Labute approximate surface area is 279 Å². The Kier molecular flexibility index (Phi) is 8.43. The molecule has 0 saturated heterocycles. The summed E-state index contributed by atoms with van der Waals surface area (Å²) in [6, 6.07) is 7.58. The third-order valence-electron chi connectivity index (χ3n) is 15.7. The number of carbonyl (C=O) groups excluding carboxylic acids is 1. The Morgan fingerprint density at radius 1 is 0.891 bits per heavy atom. The summed E-state index contributed by atoms with van der Waals surface area (Å²) in [6.45, 7) is 19.4. The average molecular weight is 631 g/mol. The van der Waals surface area contributed by atoms with Crippen molar-refractivity contribution in [2.75, 3.05) is 27.2 Å². The van der Waals surface area contributed by atoms with Gasteiger partial charge in [0.25, 0.3) is 0 Å². The van der Waals surface area contributed by atoms with E-state index in [1.807, 2.05) is 12.1 Å². The number of nitrogens with one attached hydrogen (secondary N) is 1. The summed E-state index contributed by atoms with van der Waals surface area (Å²) >= 11 is 0. The van der Waals surface area contributed by atoms with E-state index in [1.54, 1.807) is 12.1 Å². The SMILES string of the molecule is CC(C)[C@@H]1CC[C@]2(C(=O)NCCN(C)C)CC[C@]3(C)[C@H](CCC4[C@@]5(C)CC=C(c6ccc(C(=O)O)cc6)C(C)(C)C5CC[C@]43C)C12. The van der Waals surface area contributed by atoms with Crippen molar-refractivity contribution in [3.8, 4) is 0 Å². The fraction of sp³-hybridized carbons (Fsp3) is 0.756. The Hall–Kier alpha value is -2.14. The molecule has 1 amide bonds. The van der Waals surface area contributed by atoms with Crippen molar-refractivity contribution in [2.45, 2.75) is 106 Å². The second kappa shape index (κ2) is 11.5. The molecule has 5 aliphatic rings. The van der Waals surface area contributed by atoms with E-state index in [-0.39, 0.29) is 27.1 Å². The molecule has 0 bridgehead atoms. The number of carbonyl (C=O) groups is 2. The number of nitrogens with zero attached hydrogens (tertiary/aromatic N) is 1. The number of rotatable bonds is 7. The molecule has 3 unspecified atom stereocenters. The summed E-state index contributed by atoms with van der Waals surface area (Å²) in [5.41, 5.74) is 3.45. The minimum absolute atomic E-state index is 0.0113. The van der Waals surface area contributed by atoms with Gasteiger partial charge in [0.05, 0.1) is 11.0 Å². The van der Waals surface area contributed by atoms with E-state index in [4.69, 9.17) is 0 Å². The molecule has 2 N–H and O–H groups in total. The van der Waals surface area contributed by atoms with Crippen molar-refractivity contribution in [3.63, 3.8) is 0 Å². The second-order valence-electron chi connectivity index (χ2n) is 18.3. The number of aromatic carboxylic acids is 1. The lowest BCUT2D eigenvalue weighted by Crippen LogP contribution is -2.66. The van der Waals surface area contributed by atoms with Crippen LogP contribution in [0.1, 0.15) is 122 Å². The lowest BCUT2D eigenvalue weighted by atomic mass is 9.32. The molecule has 9 atom stereocenters. The topological polar surface area (TPSA) is 69.6 Å². The Morgan fingerprint density at radius 2 is 1.59 bits per heavy atom. The van der Waals surface area contributed by atoms with Crippen LogP contribution in [-0.4, -0.2) is 49.1 Å². The molecule has 0 aliphatic heterocycles. The maximum atomic E-state index is 14.2. The number of hydrogen-bond acceptors (Lipinski definition) is 3. The van der Waals surface area contributed by atoms with Gasteiger partial charge in [-0.2, -0.15) is 0 Å². The van der Waals surface area contributed by atoms with Gasteiger partial charge in [0.2, 0.25) is 5.91 Å². The van der Waals surface area contributed by atoms with Crippen LogP contribution in [0.2, 0.25) is 0 Å². The highest BCUT2D eigenvalue weighted by atomic mass is 16.4. The minimum atomic E-state index is -0.867. The van der Waals surface area contributed by atoms with Crippen molar-refractivity contribution < 1.29 is 14.7 Å². The van der Waals surface area contributed by atoms with Gasteiger partial charge in [0, 0.05) is 13.1 Å². The van der Waals surface area contributed by atoms with E-state index in [9.17, 15) is 14.7 Å². The van der Waals surface area contributed by atoms with Crippen LogP contribution in [0.4, 0.5) is 0 Å². The number of amides is 1. The first-order chi connectivity index (χ1) is 21.5. The van der Waals surface area contributed by atoms with Crippen molar-refractivity contribution in [2.24, 2.45) is 62.6 Å². The molecular formula is C41H62N2O3. The summed E-state index contributed by atoms with van der Waals surface area (Å²) < 4.78 is 0. The summed E-state index contributed by atoms with van der Waals surface area (Å²) in [4.78, 5) is 27.9. The number of allylic oxidation sites excluding steroid dienone is 2. The van der Waals surface area contributed by atoms with Gasteiger partial charge in [-0.25, -0.2) is 4.79 Å². The summed E-state index contributed by atoms with van der Waals surface area (Å²) in [6.07, 6.45) is 13.1. The maximum Gasteiger partial charge on any atom is 0.335 e. The first kappa shape index (κ1) is 33.7. The number of fused-ring (bicyclic) bond motifs is 7. The molecule has 1 aromatic rings. The highest BCUT2D eigenvalue weighted by Crippen LogP contribution is 2.77. The summed E-state index contributed by atoms with van der Waals surface area (Å²) in [5.74, 6) is 3.05. The highest BCUT2D eigenvalue weighted by Gasteiger charge is 2.71. The van der Waals surface area contributed by atoms with Gasteiger partial charge in [-0.1, -0.05) is 66.7 Å². The Balaban J connectivity index is 1.32. The molecule has 46 heavy (non-hydrogen) atoms. The third kappa shape index (κ3) is 4.78. The number of carboxylic acids is 1. The molecule has 6 rings (SSSR count). The molecule has 5 heteroatoms. The first-order valence-corrected chi connectivity index (χ1v) is 18.5. The van der Waals surface area contributed by atoms with E-state index in [2.05, 4.69) is 78.9 Å². The standard InChI is InChI=1S/C41H62N2O3/c1-26(2)29-16-21-41(36(46)42-24-25-43(8)9)23-22-39(6)31(34(29)41)14-15-33-38(5)19-17-30(27-10-12-28(13-11-27)35(44)45)37(3,4)32(38)18-20-40(33,39)7/h10-13,17,26,29,31-34H,14-16,18-25H2,1-9H3,(H,42,46)(H,44,45)/t29-,31+,32?,33?,34?,38-,39+,40+,41-/m0/s1. The zero-order valence-corrected chi connectivity index (χ0v) is 30.3. The molecule has 254 valence electrons. The van der Waals surface area contributed by atoms with Crippen LogP contribution < -0.4 is 5.32 Å². The van der Waals surface area contributed by atoms with Gasteiger partial charge in [0.1, 0.15) is 0 Å². The monoisotopic (exact) mass is 630 g/mol. The molecule has 5 aliphatic carbocycles. The molecular weight excluding hydrogens is 568 g/mol. The summed E-state index contributed by atoms with van der Waals surface area (Å²) in [7, 11) is 4.17. The van der Waals surface area contributed by atoms with Crippen LogP contribution in [0, 0.1) is 62.6 Å². The van der Waals surface area contributed by atoms with Crippen LogP contribution in [0.5, 0.6) is 0 Å². The van der Waals surface area contributed by atoms with Crippen LogP contribution in [0.15, 0.2) is 30.3 Å². The Morgan fingerprint density at radius 3 is 2.22 bits per heavy atom. The molecule has 1 aromatic carbocycles. The van der Waals surface area contributed by atoms with Crippen LogP contribution in [0.25, 0.3) is 5.57 Å². The van der Waals surface area contributed by atoms with E-state index >= 15 is 0 Å². The van der Waals surface area contributed by atoms with Gasteiger partial charge in [-0.3, -0.25) is 4.79 Å². The number of likely N-dealkylation sites (N-methyl/N-ethyl adjacent to an activating group) is 1. The van der Waals surface area contributed by atoms with Crippen molar-refractivity contribution in [1.82, 2.24) is 10.2 Å². The smallest absolute Gasteiger partial charge is 0.335 e. The van der Waals surface area contributed by atoms with E-state index in [0.717, 1.165) is 32.4 Å². The first-order valence-electron chi connectivity index (χ1n) is 18.5. The Bertz CT molecular complexity index is 1380. The van der Waals surface area contributed by atoms with Gasteiger partial charge in [-0.15, -0.1) is 0 Å². The second-order valence-corrected chi connectivity index (χ2v) is 18.3. The largest absolute Gasteiger partial charge is 0.478 e. The van der Waals surface area contributed by atoms with E-state index < -0.39 is 5.97 Å². The van der Waals surface area contributed by atoms with Crippen molar-refractivity contribution in [1.29, 1.82) is 0 Å². The third-order valence-corrected chi connectivity index (χ3v) is 15.7. The van der Waals surface area contributed by atoms with E-state index in [0.29, 0.717) is 47.0 Å². The van der Waals surface area contributed by atoms with E-state index in [1.165, 1.54) is 49.7 Å². The van der Waals surface area contributed by atoms with Gasteiger partial charge in [0.15, 0.2) is 0 Å². The fourth-order valence-electron chi connectivity index (χ4n) is 13.2. The predicted octanol–water partition coefficient (Wildman–Crippen LogP) is 8.79. The zero-order valence-electron chi connectivity index (χ0n) is 30.3. The molecule has 0 aromatic heterocycles. The normalized spacial score (nSPS) is 41.2. The van der Waals surface area contributed by atoms with Crippen molar-refractivity contribution >= 4 is 17.4 Å². The van der Waals surface area contributed by atoms with Gasteiger partial charge < -0.3 is 15.3 Å². The van der Waals surface area contributed by atoms with Crippen molar-refractivity contribution in [3.05, 3.63) is 41.5 Å². The average Bonchev–Trinajstić information content (AvgIpc) is 3.38. The fourth-order valence-corrected chi connectivity index (χ4v) is 13.2. The van der Waals surface area contributed by atoms with Gasteiger partial charge >= 0.3 is 5.97 Å². The number of benzene rings is 1. The lowest BCUT2D eigenvalue weighted by molar-refractivity contribution is -0.227. The molecule has 4 fully saturated rings. The zero-order chi connectivity index (χ0) is 33.4. The van der Waals surface area contributed by atoms with Crippen LogP contribution in [0.3, 0.4) is 0 Å². The maximum absolute atomic E-state index is 14.2. The number of hydrogen-bond donors (Lipinski definition) is 2. The molecule has 0 spiro atoms. The van der Waals surface area contributed by atoms with Crippen LogP contribution >= 0.6 is 0 Å². The highest BCUT2D eigenvalue weighted by molar-refractivity contribution is 5.88. The summed E-state index contributed by atoms with van der Waals surface area (Å²) in [5, 5.41) is 12.9. The van der Waals surface area contributed by atoms with Gasteiger partial charge in [-0.05, 0) is 152 Å².